The van der Waals surface area contributed by atoms with Gasteiger partial charge >= 0.3 is 0 Å². The number of fused-ring (bicyclic) bond motifs is 4. The number of hydrogen-bond donors (Lipinski definition) is 0. The summed E-state index contributed by atoms with van der Waals surface area (Å²) in [7, 11) is 0. The summed E-state index contributed by atoms with van der Waals surface area (Å²) in [5.74, 6) is 1.26. The van der Waals surface area contributed by atoms with Crippen LogP contribution in [0.3, 0.4) is 0 Å². The largest absolute Gasteiger partial charge is 0.293 e. The molecule has 2 aromatic carbocycles. The van der Waals surface area contributed by atoms with Crippen molar-refractivity contribution in [1.29, 1.82) is 0 Å². The van der Waals surface area contributed by atoms with Gasteiger partial charge in [0.1, 0.15) is 15.7 Å². The molecule has 0 bridgehead atoms. The third kappa shape index (κ3) is 3.18. The standard InChI is InChI=1S/C24H20N2OS2/c1-13-14(2)29-24-22(13)23(25-15(3)26-24)28-12-21(27)18-9-8-17-10-16-6-4-5-7-19(16)20(17)11-18/h4-9,11H,10,12H2,1-3H3. The Kier molecular flexibility index (Phi) is 4.52. The summed E-state index contributed by atoms with van der Waals surface area (Å²) in [4.78, 5) is 24.5. The van der Waals surface area contributed by atoms with Gasteiger partial charge in [-0.2, -0.15) is 0 Å². The van der Waals surface area contributed by atoms with E-state index in [9.17, 15) is 4.79 Å². The molecule has 1 aliphatic rings. The van der Waals surface area contributed by atoms with Gasteiger partial charge in [0.25, 0.3) is 0 Å². The topological polar surface area (TPSA) is 42.9 Å². The Morgan fingerprint density at radius 3 is 2.69 bits per heavy atom. The van der Waals surface area contributed by atoms with Crippen LogP contribution in [0.4, 0.5) is 0 Å². The summed E-state index contributed by atoms with van der Waals surface area (Å²) < 4.78 is 0. The molecule has 2 heterocycles. The number of aryl methyl sites for hydroxylation is 3. The zero-order valence-corrected chi connectivity index (χ0v) is 18.2. The van der Waals surface area contributed by atoms with Crippen molar-refractivity contribution >= 4 is 39.1 Å². The Hall–Kier alpha value is -2.50. The average Bonchev–Trinajstić information content (AvgIpc) is 3.22. The molecule has 0 atom stereocenters. The molecule has 0 radical (unpaired) electrons. The average molecular weight is 417 g/mol. The lowest BCUT2D eigenvalue weighted by Gasteiger charge is -2.07. The molecule has 29 heavy (non-hydrogen) atoms. The minimum Gasteiger partial charge on any atom is -0.293 e. The third-order valence-electron chi connectivity index (χ3n) is 5.57. The summed E-state index contributed by atoms with van der Waals surface area (Å²) in [5, 5.41) is 2.01. The predicted octanol–water partition coefficient (Wildman–Crippen LogP) is 6.16. The van der Waals surface area contributed by atoms with Crippen molar-refractivity contribution in [2.75, 3.05) is 5.75 Å². The molecular formula is C24H20N2OS2. The third-order valence-corrected chi connectivity index (χ3v) is 7.64. The van der Waals surface area contributed by atoms with E-state index in [0.717, 1.165) is 33.1 Å². The Morgan fingerprint density at radius 1 is 1.03 bits per heavy atom. The monoisotopic (exact) mass is 416 g/mol. The summed E-state index contributed by atoms with van der Waals surface area (Å²) >= 11 is 3.21. The van der Waals surface area contributed by atoms with Crippen molar-refractivity contribution in [3.05, 3.63) is 75.4 Å². The second-order valence-electron chi connectivity index (χ2n) is 7.46. The van der Waals surface area contributed by atoms with E-state index >= 15 is 0 Å². The van der Waals surface area contributed by atoms with Crippen molar-refractivity contribution in [2.24, 2.45) is 0 Å². The van der Waals surface area contributed by atoms with E-state index in [2.05, 4.69) is 60.2 Å². The molecule has 3 nitrogen and oxygen atoms in total. The lowest BCUT2D eigenvalue weighted by atomic mass is 10.0. The second-order valence-corrected chi connectivity index (χ2v) is 9.62. The van der Waals surface area contributed by atoms with Gasteiger partial charge < -0.3 is 0 Å². The van der Waals surface area contributed by atoms with Crippen molar-refractivity contribution in [1.82, 2.24) is 9.97 Å². The first-order chi connectivity index (χ1) is 14.0. The van der Waals surface area contributed by atoms with Crippen LogP contribution in [0, 0.1) is 20.8 Å². The van der Waals surface area contributed by atoms with Crippen LogP contribution in [0.25, 0.3) is 21.3 Å². The molecule has 5 heteroatoms. The number of nitrogens with zero attached hydrogens (tertiary/aromatic N) is 2. The minimum absolute atomic E-state index is 0.135. The molecule has 0 unspecified atom stereocenters. The van der Waals surface area contributed by atoms with Gasteiger partial charge in [-0.1, -0.05) is 48.2 Å². The molecule has 0 N–H and O–H groups in total. The molecule has 0 spiro atoms. The van der Waals surface area contributed by atoms with Crippen molar-refractivity contribution < 1.29 is 4.79 Å². The van der Waals surface area contributed by atoms with E-state index in [1.807, 2.05) is 13.0 Å². The van der Waals surface area contributed by atoms with E-state index in [1.54, 1.807) is 11.3 Å². The molecule has 0 amide bonds. The zero-order chi connectivity index (χ0) is 20.1. The van der Waals surface area contributed by atoms with E-state index in [1.165, 1.54) is 44.5 Å². The molecule has 0 saturated carbocycles. The molecule has 5 rings (SSSR count). The number of thiophene rings is 1. The molecular weight excluding hydrogens is 396 g/mol. The SMILES string of the molecule is Cc1nc(SCC(=O)c2ccc3c(c2)-c2ccccc2C3)c2c(C)c(C)sc2n1. The van der Waals surface area contributed by atoms with Gasteiger partial charge in [0.05, 0.1) is 5.75 Å². The second kappa shape index (κ2) is 7.08. The van der Waals surface area contributed by atoms with Gasteiger partial charge in [-0.15, -0.1) is 11.3 Å². The number of carbonyl (C=O) groups excluding carboxylic acids is 1. The van der Waals surface area contributed by atoms with Crippen LogP contribution in [0.5, 0.6) is 0 Å². The highest BCUT2D eigenvalue weighted by molar-refractivity contribution is 8.00. The van der Waals surface area contributed by atoms with Gasteiger partial charge in [0.15, 0.2) is 5.78 Å². The Morgan fingerprint density at radius 2 is 1.83 bits per heavy atom. The van der Waals surface area contributed by atoms with Crippen molar-refractivity contribution in [3.63, 3.8) is 0 Å². The highest BCUT2D eigenvalue weighted by Gasteiger charge is 2.20. The van der Waals surface area contributed by atoms with Crippen molar-refractivity contribution in [3.8, 4) is 11.1 Å². The molecule has 2 aromatic heterocycles. The van der Waals surface area contributed by atoms with Crippen LogP contribution in [-0.2, 0) is 6.42 Å². The van der Waals surface area contributed by atoms with E-state index in [4.69, 9.17) is 0 Å². The van der Waals surface area contributed by atoms with Crippen LogP contribution < -0.4 is 0 Å². The van der Waals surface area contributed by atoms with Gasteiger partial charge in [0, 0.05) is 15.8 Å². The lowest BCUT2D eigenvalue weighted by molar-refractivity contribution is 0.102. The number of ketones is 1. The van der Waals surface area contributed by atoms with E-state index in [0.29, 0.717) is 5.75 Å². The number of Topliss-reactive ketones (excluding diaryl/α,β-unsaturated/α-hetero) is 1. The number of aromatic nitrogens is 2. The van der Waals surface area contributed by atoms with E-state index < -0.39 is 0 Å². The maximum atomic E-state index is 13.0. The summed E-state index contributed by atoms with van der Waals surface area (Å²) in [6, 6.07) is 14.6. The first-order valence-corrected chi connectivity index (χ1v) is 11.4. The predicted molar refractivity (Wildman–Crippen MR) is 121 cm³/mol. The molecule has 144 valence electrons. The number of thioether (sulfide) groups is 1. The van der Waals surface area contributed by atoms with Crippen LogP contribution in [0.15, 0.2) is 47.5 Å². The number of rotatable bonds is 4. The Bertz CT molecular complexity index is 1290. The first-order valence-electron chi connectivity index (χ1n) is 9.63. The number of benzene rings is 2. The molecule has 0 saturated heterocycles. The normalized spacial score (nSPS) is 12.2. The smallest absolute Gasteiger partial charge is 0.173 e. The number of hydrogen-bond acceptors (Lipinski definition) is 5. The number of carbonyl (C=O) groups is 1. The fourth-order valence-corrected chi connectivity index (χ4v) is 6.10. The minimum atomic E-state index is 0.135. The highest BCUT2D eigenvalue weighted by Crippen LogP contribution is 2.38. The van der Waals surface area contributed by atoms with Gasteiger partial charge in [-0.05, 0) is 61.1 Å². The maximum absolute atomic E-state index is 13.0. The fourth-order valence-electron chi connectivity index (χ4n) is 3.93. The van der Waals surface area contributed by atoms with Crippen molar-refractivity contribution in [2.45, 2.75) is 32.2 Å². The maximum Gasteiger partial charge on any atom is 0.173 e. The summed E-state index contributed by atoms with van der Waals surface area (Å²) in [6.45, 7) is 6.13. The molecule has 0 fully saturated rings. The Balaban J connectivity index is 1.43. The first kappa shape index (κ1) is 18.5. The summed E-state index contributed by atoms with van der Waals surface area (Å²) in [5.41, 5.74) is 7.07. The molecule has 4 aromatic rings. The van der Waals surface area contributed by atoms with E-state index in [-0.39, 0.29) is 5.78 Å². The van der Waals surface area contributed by atoms with Crippen LogP contribution >= 0.6 is 23.1 Å². The van der Waals surface area contributed by atoms with Crippen LogP contribution in [0.1, 0.15) is 37.7 Å². The van der Waals surface area contributed by atoms with Crippen LogP contribution in [-0.4, -0.2) is 21.5 Å². The quantitative estimate of drug-likeness (QED) is 0.200. The van der Waals surface area contributed by atoms with Gasteiger partial charge in [0.2, 0.25) is 0 Å². The fraction of sp³-hybridized carbons (Fsp3) is 0.208. The van der Waals surface area contributed by atoms with Gasteiger partial charge in [-0.3, -0.25) is 4.79 Å². The highest BCUT2D eigenvalue weighted by atomic mass is 32.2. The molecule has 1 aliphatic carbocycles. The summed E-state index contributed by atoms with van der Waals surface area (Å²) in [6.07, 6.45) is 0.948. The zero-order valence-electron chi connectivity index (χ0n) is 16.6. The Labute approximate surface area is 178 Å². The molecule has 0 aliphatic heterocycles. The van der Waals surface area contributed by atoms with Crippen LogP contribution in [0.2, 0.25) is 0 Å². The lowest BCUT2D eigenvalue weighted by Crippen LogP contribution is -2.04. The van der Waals surface area contributed by atoms with Gasteiger partial charge in [-0.25, -0.2) is 9.97 Å².